The van der Waals surface area contributed by atoms with E-state index in [1.54, 1.807) is 14.2 Å². The fourth-order valence-electron chi connectivity index (χ4n) is 1.40. The van der Waals surface area contributed by atoms with Crippen LogP contribution in [-0.4, -0.2) is 14.2 Å². The summed E-state index contributed by atoms with van der Waals surface area (Å²) in [6.45, 7) is 6.47. The van der Waals surface area contributed by atoms with E-state index in [0.717, 1.165) is 11.5 Å². The zero-order valence-electron chi connectivity index (χ0n) is 9.55. The van der Waals surface area contributed by atoms with Crippen molar-refractivity contribution in [3.05, 3.63) is 23.8 Å². The summed E-state index contributed by atoms with van der Waals surface area (Å²) in [5, 5.41) is 0. The highest BCUT2D eigenvalue weighted by Gasteiger charge is 2.19. The van der Waals surface area contributed by atoms with E-state index in [-0.39, 0.29) is 5.41 Å². The molecule has 78 valence electrons. The average molecular weight is 194 g/mol. The Hall–Kier alpha value is -1.18. The van der Waals surface area contributed by atoms with Gasteiger partial charge in [-0.2, -0.15) is 0 Å². The zero-order chi connectivity index (χ0) is 10.8. The fourth-order valence-corrected chi connectivity index (χ4v) is 1.40. The highest BCUT2D eigenvalue weighted by Crippen LogP contribution is 2.33. The first-order chi connectivity index (χ1) is 6.49. The Morgan fingerprint density at radius 3 is 2.07 bits per heavy atom. The summed E-state index contributed by atoms with van der Waals surface area (Å²) >= 11 is 0. The molecule has 0 aliphatic heterocycles. The smallest absolute Gasteiger partial charge is 0.122 e. The summed E-state index contributed by atoms with van der Waals surface area (Å²) in [5.74, 6) is 1.79. The molecule has 1 aromatic carbocycles. The molecule has 0 atom stereocenters. The van der Waals surface area contributed by atoms with Gasteiger partial charge < -0.3 is 9.47 Å². The van der Waals surface area contributed by atoms with Crippen LogP contribution in [0.2, 0.25) is 0 Å². The van der Waals surface area contributed by atoms with E-state index >= 15 is 0 Å². The molecule has 2 heteroatoms. The van der Waals surface area contributed by atoms with Crippen LogP contribution in [0, 0.1) is 0 Å². The van der Waals surface area contributed by atoms with Crippen molar-refractivity contribution in [2.75, 3.05) is 14.2 Å². The SMILES string of the molecule is COc1ccc(OC)c(C(C)(C)C)c1. The van der Waals surface area contributed by atoms with Crippen molar-refractivity contribution in [3.63, 3.8) is 0 Å². The molecular weight excluding hydrogens is 176 g/mol. The number of methoxy groups -OCH3 is 2. The maximum Gasteiger partial charge on any atom is 0.122 e. The Balaban J connectivity index is 3.22. The molecule has 14 heavy (non-hydrogen) atoms. The van der Waals surface area contributed by atoms with E-state index < -0.39 is 0 Å². The minimum atomic E-state index is 0.0693. The lowest BCUT2D eigenvalue weighted by Crippen LogP contribution is -2.12. The van der Waals surface area contributed by atoms with Gasteiger partial charge in [-0.15, -0.1) is 0 Å². The van der Waals surface area contributed by atoms with E-state index in [4.69, 9.17) is 9.47 Å². The van der Waals surface area contributed by atoms with Gasteiger partial charge in [0.25, 0.3) is 0 Å². The third-order valence-electron chi connectivity index (χ3n) is 2.21. The van der Waals surface area contributed by atoms with Crippen molar-refractivity contribution >= 4 is 0 Å². The number of benzene rings is 1. The first-order valence-electron chi connectivity index (χ1n) is 4.71. The van der Waals surface area contributed by atoms with E-state index in [0.29, 0.717) is 0 Å². The highest BCUT2D eigenvalue weighted by atomic mass is 16.5. The standard InChI is InChI=1S/C12H18O2/c1-12(2,3)10-8-9(13-4)6-7-11(10)14-5/h6-8H,1-5H3. The lowest BCUT2D eigenvalue weighted by molar-refractivity contribution is 0.388. The number of ether oxygens (including phenoxy) is 2. The molecule has 0 amide bonds. The van der Waals surface area contributed by atoms with Crippen molar-refractivity contribution in [1.29, 1.82) is 0 Å². The van der Waals surface area contributed by atoms with Gasteiger partial charge in [0.15, 0.2) is 0 Å². The van der Waals surface area contributed by atoms with Crippen LogP contribution in [0.4, 0.5) is 0 Å². The van der Waals surface area contributed by atoms with Crippen LogP contribution in [0.25, 0.3) is 0 Å². The van der Waals surface area contributed by atoms with Gasteiger partial charge >= 0.3 is 0 Å². The second kappa shape index (κ2) is 3.91. The average Bonchev–Trinajstić information content (AvgIpc) is 2.15. The molecule has 1 aromatic rings. The van der Waals surface area contributed by atoms with E-state index in [1.807, 2.05) is 18.2 Å². The fraction of sp³-hybridized carbons (Fsp3) is 0.500. The quantitative estimate of drug-likeness (QED) is 0.720. The van der Waals surface area contributed by atoms with Gasteiger partial charge in [0.1, 0.15) is 11.5 Å². The van der Waals surface area contributed by atoms with Crippen LogP contribution in [0.1, 0.15) is 26.3 Å². The van der Waals surface area contributed by atoms with Gasteiger partial charge in [-0.05, 0) is 23.6 Å². The maximum atomic E-state index is 5.32. The van der Waals surface area contributed by atoms with Gasteiger partial charge in [-0.25, -0.2) is 0 Å². The summed E-state index contributed by atoms with van der Waals surface area (Å²) in [5.41, 5.74) is 1.24. The summed E-state index contributed by atoms with van der Waals surface area (Å²) in [6.07, 6.45) is 0. The molecule has 0 radical (unpaired) electrons. The first kappa shape index (κ1) is 10.9. The number of hydrogen-bond acceptors (Lipinski definition) is 2. The third kappa shape index (κ3) is 2.19. The molecule has 0 bridgehead atoms. The molecule has 0 unspecified atom stereocenters. The summed E-state index contributed by atoms with van der Waals surface area (Å²) < 4.78 is 10.5. The molecular formula is C12H18O2. The van der Waals surface area contributed by atoms with Gasteiger partial charge in [0, 0.05) is 5.56 Å². The van der Waals surface area contributed by atoms with Gasteiger partial charge in [0.05, 0.1) is 14.2 Å². The van der Waals surface area contributed by atoms with Crippen LogP contribution in [0.15, 0.2) is 18.2 Å². The highest BCUT2D eigenvalue weighted by molar-refractivity contribution is 5.43. The lowest BCUT2D eigenvalue weighted by atomic mass is 9.86. The summed E-state index contributed by atoms with van der Waals surface area (Å²) in [6, 6.07) is 5.88. The van der Waals surface area contributed by atoms with Crippen molar-refractivity contribution in [2.45, 2.75) is 26.2 Å². The molecule has 0 aliphatic rings. The molecule has 0 N–H and O–H groups in total. The maximum absolute atomic E-state index is 5.32. The Kier molecular flexibility index (Phi) is 3.04. The largest absolute Gasteiger partial charge is 0.497 e. The molecule has 0 fully saturated rings. The Morgan fingerprint density at radius 2 is 1.64 bits per heavy atom. The van der Waals surface area contributed by atoms with Crippen molar-refractivity contribution in [1.82, 2.24) is 0 Å². The van der Waals surface area contributed by atoms with Gasteiger partial charge in [-0.3, -0.25) is 0 Å². The number of rotatable bonds is 2. The van der Waals surface area contributed by atoms with Crippen LogP contribution < -0.4 is 9.47 Å². The molecule has 1 rings (SSSR count). The van der Waals surface area contributed by atoms with E-state index in [1.165, 1.54) is 5.56 Å². The molecule has 0 aromatic heterocycles. The second-order valence-corrected chi connectivity index (χ2v) is 4.32. The van der Waals surface area contributed by atoms with E-state index in [9.17, 15) is 0 Å². The van der Waals surface area contributed by atoms with Crippen LogP contribution in [-0.2, 0) is 5.41 Å². The predicted molar refractivity (Wildman–Crippen MR) is 58.2 cm³/mol. The summed E-state index contributed by atoms with van der Waals surface area (Å²) in [7, 11) is 3.37. The van der Waals surface area contributed by atoms with Crippen molar-refractivity contribution < 1.29 is 9.47 Å². The topological polar surface area (TPSA) is 18.5 Å². The minimum Gasteiger partial charge on any atom is -0.497 e. The monoisotopic (exact) mass is 194 g/mol. The Morgan fingerprint density at radius 1 is 1.00 bits per heavy atom. The summed E-state index contributed by atoms with van der Waals surface area (Å²) in [4.78, 5) is 0. The molecule has 0 aliphatic carbocycles. The molecule has 0 heterocycles. The van der Waals surface area contributed by atoms with Crippen LogP contribution in [0.5, 0.6) is 11.5 Å². The normalized spacial score (nSPS) is 11.2. The Bertz CT molecular complexity index is 311. The lowest BCUT2D eigenvalue weighted by Gasteiger charge is -2.22. The third-order valence-corrected chi connectivity index (χ3v) is 2.21. The van der Waals surface area contributed by atoms with Gasteiger partial charge in [0.2, 0.25) is 0 Å². The second-order valence-electron chi connectivity index (χ2n) is 4.32. The van der Waals surface area contributed by atoms with Crippen LogP contribution >= 0.6 is 0 Å². The van der Waals surface area contributed by atoms with Crippen LogP contribution in [0.3, 0.4) is 0 Å². The van der Waals surface area contributed by atoms with E-state index in [2.05, 4.69) is 20.8 Å². The van der Waals surface area contributed by atoms with Crippen molar-refractivity contribution in [2.24, 2.45) is 0 Å². The van der Waals surface area contributed by atoms with Gasteiger partial charge in [-0.1, -0.05) is 20.8 Å². The zero-order valence-corrected chi connectivity index (χ0v) is 9.55. The predicted octanol–water partition coefficient (Wildman–Crippen LogP) is 3.00. The number of hydrogen-bond donors (Lipinski definition) is 0. The first-order valence-corrected chi connectivity index (χ1v) is 4.71. The van der Waals surface area contributed by atoms with Crippen molar-refractivity contribution in [3.8, 4) is 11.5 Å². The Labute approximate surface area is 85.8 Å². The molecule has 0 saturated carbocycles. The molecule has 0 spiro atoms. The molecule has 0 saturated heterocycles. The minimum absolute atomic E-state index is 0.0693. The molecule has 2 nitrogen and oxygen atoms in total.